The fourth-order valence-electron chi connectivity index (χ4n) is 1.54. The van der Waals surface area contributed by atoms with Crippen molar-refractivity contribution in [1.29, 1.82) is 5.26 Å². The van der Waals surface area contributed by atoms with Crippen molar-refractivity contribution in [3.63, 3.8) is 0 Å². The summed E-state index contributed by atoms with van der Waals surface area (Å²) in [5, 5.41) is 14.0. The van der Waals surface area contributed by atoms with Gasteiger partial charge in [-0.05, 0) is 25.0 Å². The van der Waals surface area contributed by atoms with E-state index >= 15 is 0 Å². The molecule has 0 saturated heterocycles. The zero-order chi connectivity index (χ0) is 13.7. The molecule has 98 valence electrons. The molecule has 2 N–H and O–H groups in total. The van der Waals surface area contributed by atoms with Gasteiger partial charge in [-0.25, -0.2) is 4.98 Å². The Morgan fingerprint density at radius 3 is 2.63 bits per heavy atom. The number of nitrogens with one attached hydrogen (secondary N) is 2. The molecule has 0 bridgehead atoms. The molecule has 1 heterocycles. The molecule has 2 rings (SSSR count). The molecular formula is C13H14N4O2. The monoisotopic (exact) mass is 258 g/mol. The molecular weight excluding hydrogens is 244 g/mol. The lowest BCUT2D eigenvalue weighted by Crippen LogP contribution is -2.35. The van der Waals surface area contributed by atoms with Crippen LogP contribution in [0.5, 0.6) is 0 Å². The summed E-state index contributed by atoms with van der Waals surface area (Å²) in [7, 11) is 0. The lowest BCUT2D eigenvalue weighted by molar-refractivity contribution is -0.122. The fraction of sp³-hybridized carbons (Fsp3) is 0.385. The van der Waals surface area contributed by atoms with E-state index in [1.54, 1.807) is 0 Å². The van der Waals surface area contributed by atoms with E-state index in [2.05, 4.69) is 15.6 Å². The highest BCUT2D eigenvalue weighted by Crippen LogP contribution is 2.28. The van der Waals surface area contributed by atoms with Gasteiger partial charge in [0, 0.05) is 25.2 Å². The van der Waals surface area contributed by atoms with Gasteiger partial charge in [0.1, 0.15) is 11.8 Å². The van der Waals surface area contributed by atoms with Crippen LogP contribution < -0.4 is 10.6 Å². The smallest absolute Gasteiger partial charge is 0.269 e. The van der Waals surface area contributed by atoms with E-state index in [1.807, 2.05) is 6.07 Å². The van der Waals surface area contributed by atoms with E-state index in [9.17, 15) is 9.59 Å². The van der Waals surface area contributed by atoms with Crippen LogP contribution in [-0.4, -0.2) is 29.9 Å². The van der Waals surface area contributed by atoms with Crippen LogP contribution in [-0.2, 0) is 4.79 Å². The van der Waals surface area contributed by atoms with Gasteiger partial charge < -0.3 is 10.6 Å². The largest absolute Gasteiger partial charge is 0.354 e. The number of hydrogen-bond donors (Lipinski definition) is 2. The van der Waals surface area contributed by atoms with E-state index < -0.39 is 0 Å². The van der Waals surface area contributed by atoms with Gasteiger partial charge in [0.05, 0.1) is 5.56 Å². The molecule has 1 fully saturated rings. The molecule has 2 amide bonds. The molecule has 1 aliphatic rings. The maximum atomic E-state index is 11.7. The summed E-state index contributed by atoms with van der Waals surface area (Å²) in [5.74, 6) is -0.0770. The first-order chi connectivity index (χ1) is 9.20. The van der Waals surface area contributed by atoms with E-state index in [0.29, 0.717) is 18.7 Å². The van der Waals surface area contributed by atoms with Gasteiger partial charge in [-0.15, -0.1) is 0 Å². The summed E-state index contributed by atoms with van der Waals surface area (Å²) < 4.78 is 0. The van der Waals surface area contributed by atoms with E-state index in [0.717, 1.165) is 12.8 Å². The number of pyridine rings is 1. The zero-order valence-electron chi connectivity index (χ0n) is 10.3. The normalized spacial score (nSPS) is 13.4. The van der Waals surface area contributed by atoms with Crippen molar-refractivity contribution < 1.29 is 9.59 Å². The van der Waals surface area contributed by atoms with Crippen LogP contribution in [0.25, 0.3) is 0 Å². The van der Waals surface area contributed by atoms with Crippen molar-refractivity contribution in [2.24, 2.45) is 5.92 Å². The van der Waals surface area contributed by atoms with Crippen molar-refractivity contribution in [2.45, 2.75) is 12.8 Å². The SMILES string of the molecule is N#Cc1ccc(C(=O)NCCNC(=O)C2CC2)nc1. The summed E-state index contributed by atoms with van der Waals surface area (Å²) in [5.41, 5.74) is 0.667. The van der Waals surface area contributed by atoms with Crippen LogP contribution in [0, 0.1) is 17.2 Å². The van der Waals surface area contributed by atoms with Gasteiger partial charge in [0.15, 0.2) is 0 Å². The second-order valence-electron chi connectivity index (χ2n) is 4.37. The number of aromatic nitrogens is 1. The molecule has 1 aliphatic carbocycles. The van der Waals surface area contributed by atoms with Gasteiger partial charge in [-0.1, -0.05) is 0 Å². The lowest BCUT2D eigenvalue weighted by atomic mass is 10.2. The Balaban J connectivity index is 1.71. The number of nitrogens with zero attached hydrogens (tertiary/aromatic N) is 2. The van der Waals surface area contributed by atoms with Crippen molar-refractivity contribution in [2.75, 3.05) is 13.1 Å². The molecule has 0 aliphatic heterocycles. The first kappa shape index (κ1) is 13.0. The highest BCUT2D eigenvalue weighted by atomic mass is 16.2. The van der Waals surface area contributed by atoms with Crippen LogP contribution in [0.4, 0.5) is 0 Å². The second-order valence-corrected chi connectivity index (χ2v) is 4.37. The summed E-state index contributed by atoms with van der Waals surface area (Å²) >= 11 is 0. The summed E-state index contributed by atoms with van der Waals surface area (Å²) in [6.07, 6.45) is 3.28. The maximum absolute atomic E-state index is 11.7. The minimum absolute atomic E-state index is 0.0609. The Hall–Kier alpha value is -2.42. The first-order valence-corrected chi connectivity index (χ1v) is 6.13. The number of nitriles is 1. The third kappa shape index (κ3) is 3.78. The summed E-state index contributed by atoms with van der Waals surface area (Å²) in [6.45, 7) is 0.774. The third-order valence-electron chi connectivity index (χ3n) is 2.78. The van der Waals surface area contributed by atoms with Gasteiger partial charge in [0.25, 0.3) is 5.91 Å². The van der Waals surface area contributed by atoms with Crippen LogP contribution in [0.3, 0.4) is 0 Å². The second kappa shape index (κ2) is 5.96. The molecule has 0 aromatic carbocycles. The fourth-order valence-corrected chi connectivity index (χ4v) is 1.54. The molecule has 6 heteroatoms. The van der Waals surface area contributed by atoms with Crippen LogP contribution in [0.15, 0.2) is 18.3 Å². The molecule has 0 atom stereocenters. The van der Waals surface area contributed by atoms with Crippen LogP contribution in [0.1, 0.15) is 28.9 Å². The zero-order valence-corrected chi connectivity index (χ0v) is 10.3. The van der Waals surface area contributed by atoms with E-state index in [4.69, 9.17) is 5.26 Å². The maximum Gasteiger partial charge on any atom is 0.269 e. The molecule has 19 heavy (non-hydrogen) atoms. The summed E-state index contributed by atoms with van der Waals surface area (Å²) in [6, 6.07) is 4.97. The first-order valence-electron chi connectivity index (χ1n) is 6.13. The minimum Gasteiger partial charge on any atom is -0.354 e. The topological polar surface area (TPSA) is 94.9 Å². The van der Waals surface area contributed by atoms with E-state index in [-0.39, 0.29) is 23.4 Å². The van der Waals surface area contributed by atoms with Gasteiger partial charge in [-0.3, -0.25) is 9.59 Å². The van der Waals surface area contributed by atoms with Crippen molar-refractivity contribution in [3.05, 3.63) is 29.6 Å². The van der Waals surface area contributed by atoms with Crippen molar-refractivity contribution >= 4 is 11.8 Å². The third-order valence-corrected chi connectivity index (χ3v) is 2.78. The van der Waals surface area contributed by atoms with Gasteiger partial charge in [-0.2, -0.15) is 5.26 Å². The van der Waals surface area contributed by atoms with Gasteiger partial charge in [0.2, 0.25) is 5.91 Å². The van der Waals surface area contributed by atoms with Crippen molar-refractivity contribution in [1.82, 2.24) is 15.6 Å². The summed E-state index contributed by atoms with van der Waals surface area (Å²) in [4.78, 5) is 26.9. The predicted octanol–water partition coefficient (Wildman–Crippen LogP) is 0.209. The minimum atomic E-state index is -0.315. The van der Waals surface area contributed by atoms with Crippen LogP contribution in [0.2, 0.25) is 0 Å². The average Bonchev–Trinajstić information content (AvgIpc) is 3.27. The molecule has 0 spiro atoms. The Labute approximate surface area is 110 Å². The average molecular weight is 258 g/mol. The molecule has 0 unspecified atom stereocenters. The highest BCUT2D eigenvalue weighted by molar-refractivity contribution is 5.92. The Bertz CT molecular complexity index is 514. The Kier molecular flexibility index (Phi) is 4.08. The predicted molar refractivity (Wildman–Crippen MR) is 67.0 cm³/mol. The standard InChI is InChI=1S/C13H14N4O2/c14-7-9-1-4-11(17-8-9)13(19)16-6-5-15-12(18)10-2-3-10/h1,4,8,10H,2-3,5-6H2,(H,15,18)(H,16,19). The number of hydrogen-bond acceptors (Lipinski definition) is 4. The number of carbonyl (C=O) groups is 2. The van der Waals surface area contributed by atoms with Crippen molar-refractivity contribution in [3.8, 4) is 6.07 Å². The van der Waals surface area contributed by atoms with E-state index in [1.165, 1.54) is 18.3 Å². The number of rotatable bonds is 5. The Morgan fingerprint density at radius 2 is 2.05 bits per heavy atom. The van der Waals surface area contributed by atoms with Crippen LogP contribution >= 0.6 is 0 Å². The number of amides is 2. The molecule has 1 aromatic heterocycles. The van der Waals surface area contributed by atoms with Gasteiger partial charge >= 0.3 is 0 Å². The molecule has 6 nitrogen and oxygen atoms in total. The lowest BCUT2D eigenvalue weighted by Gasteiger charge is -2.06. The number of carbonyl (C=O) groups excluding carboxylic acids is 2. The highest BCUT2D eigenvalue weighted by Gasteiger charge is 2.28. The molecule has 1 saturated carbocycles. The quantitative estimate of drug-likeness (QED) is 0.738. The Morgan fingerprint density at radius 1 is 1.32 bits per heavy atom. The molecule has 0 radical (unpaired) electrons. The molecule has 1 aromatic rings.